The zero-order valence-electron chi connectivity index (χ0n) is 13.8. The van der Waals surface area contributed by atoms with Gasteiger partial charge in [0, 0.05) is 5.02 Å². The van der Waals surface area contributed by atoms with Crippen LogP contribution in [0, 0.1) is 0 Å². The number of benzene rings is 1. The van der Waals surface area contributed by atoms with Gasteiger partial charge in [-0.2, -0.15) is 0 Å². The third-order valence-electron chi connectivity index (χ3n) is 4.32. The number of hydrogen-bond acceptors (Lipinski definition) is 3. The van der Waals surface area contributed by atoms with E-state index in [1.807, 2.05) is 4.90 Å². The van der Waals surface area contributed by atoms with Crippen molar-refractivity contribution in [3.8, 4) is 5.75 Å². The van der Waals surface area contributed by atoms with Crippen molar-refractivity contribution < 1.29 is 18.8 Å². The molecular formula is C18H22ClN2O3+. The number of hydrogen-bond donors (Lipinski definition) is 1. The number of likely N-dealkylation sites (N-methyl/N-ethyl adjacent to an activating group) is 1. The molecule has 0 bridgehead atoms. The highest BCUT2D eigenvalue weighted by atomic mass is 35.5. The first-order valence-corrected chi connectivity index (χ1v) is 8.63. The molecule has 1 amide bonds. The molecule has 0 spiro atoms. The Morgan fingerprint density at radius 2 is 1.92 bits per heavy atom. The number of furan rings is 1. The molecule has 1 aromatic carbocycles. The topological polar surface area (TPSA) is 47.1 Å². The average molecular weight is 350 g/mol. The summed E-state index contributed by atoms with van der Waals surface area (Å²) >= 11 is 5.84. The molecule has 0 saturated carbocycles. The molecule has 1 saturated heterocycles. The van der Waals surface area contributed by atoms with Gasteiger partial charge >= 0.3 is 0 Å². The lowest BCUT2D eigenvalue weighted by molar-refractivity contribution is -0.902. The van der Waals surface area contributed by atoms with E-state index in [2.05, 4.69) is 6.92 Å². The maximum atomic E-state index is 12.5. The summed E-state index contributed by atoms with van der Waals surface area (Å²) in [6.45, 7) is 7.10. The Bertz CT molecular complexity index is 676. The molecular weight excluding hydrogens is 328 g/mol. The van der Waals surface area contributed by atoms with Crippen LogP contribution in [0.4, 0.5) is 0 Å². The highest BCUT2D eigenvalue weighted by Gasteiger charge is 2.25. The molecule has 5 nitrogen and oxygen atoms in total. The van der Waals surface area contributed by atoms with E-state index in [1.54, 1.807) is 36.4 Å². The monoisotopic (exact) mass is 349 g/mol. The van der Waals surface area contributed by atoms with Crippen LogP contribution in [0.3, 0.4) is 0 Å². The number of piperazine rings is 1. The number of quaternary nitrogens is 1. The first-order valence-electron chi connectivity index (χ1n) is 8.25. The second kappa shape index (κ2) is 7.73. The van der Waals surface area contributed by atoms with Crippen LogP contribution in [0.5, 0.6) is 5.75 Å². The van der Waals surface area contributed by atoms with E-state index in [9.17, 15) is 4.79 Å². The van der Waals surface area contributed by atoms with Crippen LogP contribution in [0.15, 0.2) is 40.8 Å². The normalized spacial score (nSPS) is 15.5. The van der Waals surface area contributed by atoms with E-state index in [-0.39, 0.29) is 12.5 Å². The third kappa shape index (κ3) is 4.10. The molecule has 6 heteroatoms. The lowest BCUT2D eigenvalue weighted by atomic mass is 10.3. The van der Waals surface area contributed by atoms with Crippen molar-refractivity contribution in [1.82, 2.24) is 4.90 Å². The predicted molar refractivity (Wildman–Crippen MR) is 91.6 cm³/mol. The summed E-state index contributed by atoms with van der Waals surface area (Å²) in [4.78, 5) is 15.9. The minimum absolute atomic E-state index is 0.0390. The van der Waals surface area contributed by atoms with E-state index in [4.69, 9.17) is 20.8 Å². The number of amides is 1. The summed E-state index contributed by atoms with van der Waals surface area (Å²) in [5.41, 5.74) is 0. The van der Waals surface area contributed by atoms with Gasteiger partial charge in [-0.15, -0.1) is 0 Å². The van der Waals surface area contributed by atoms with E-state index in [0.29, 0.717) is 22.3 Å². The van der Waals surface area contributed by atoms with Gasteiger partial charge in [0.25, 0.3) is 5.91 Å². The van der Waals surface area contributed by atoms with Crippen LogP contribution in [-0.4, -0.2) is 43.5 Å². The fourth-order valence-electron chi connectivity index (χ4n) is 2.79. The maximum absolute atomic E-state index is 12.5. The molecule has 0 atom stereocenters. The highest BCUT2D eigenvalue weighted by Crippen LogP contribution is 2.18. The second-order valence-corrected chi connectivity index (χ2v) is 6.34. The second-order valence-electron chi connectivity index (χ2n) is 5.90. The van der Waals surface area contributed by atoms with Crippen LogP contribution in [0.1, 0.15) is 23.2 Å². The van der Waals surface area contributed by atoms with Gasteiger partial charge in [0.2, 0.25) is 0 Å². The van der Waals surface area contributed by atoms with Crippen molar-refractivity contribution in [2.24, 2.45) is 0 Å². The number of carbonyl (C=O) groups excluding carboxylic acids is 1. The molecule has 1 aromatic heterocycles. The van der Waals surface area contributed by atoms with Gasteiger partial charge in [-0.3, -0.25) is 4.79 Å². The Balaban J connectivity index is 1.55. The molecule has 2 heterocycles. The number of ether oxygens (including phenoxy) is 1. The Morgan fingerprint density at radius 3 is 2.58 bits per heavy atom. The quantitative estimate of drug-likeness (QED) is 0.896. The molecule has 1 aliphatic rings. The van der Waals surface area contributed by atoms with Gasteiger partial charge in [0.15, 0.2) is 5.76 Å². The van der Waals surface area contributed by atoms with Crippen molar-refractivity contribution in [1.29, 1.82) is 0 Å². The standard InChI is InChI=1S/C18H21ClN2O3/c1-2-20-9-11-21(12-10-20)18(22)17-8-7-16(24-17)13-23-15-5-3-14(19)4-6-15/h3-8H,2,9-13H2,1H3/p+1. The Kier molecular flexibility index (Phi) is 5.43. The fraction of sp³-hybridized carbons (Fsp3) is 0.389. The Morgan fingerprint density at radius 1 is 1.21 bits per heavy atom. The SMILES string of the molecule is CC[NH+]1CCN(C(=O)c2ccc(COc3ccc(Cl)cc3)o2)CC1. The summed E-state index contributed by atoms with van der Waals surface area (Å²) in [6, 6.07) is 10.6. The number of nitrogens with one attached hydrogen (secondary N) is 1. The van der Waals surface area contributed by atoms with Gasteiger partial charge in [0.1, 0.15) is 18.1 Å². The summed E-state index contributed by atoms with van der Waals surface area (Å²) in [6.07, 6.45) is 0. The summed E-state index contributed by atoms with van der Waals surface area (Å²) in [7, 11) is 0. The van der Waals surface area contributed by atoms with E-state index < -0.39 is 0 Å². The van der Waals surface area contributed by atoms with Gasteiger partial charge in [-0.1, -0.05) is 11.6 Å². The first kappa shape index (κ1) is 16.9. The summed E-state index contributed by atoms with van der Waals surface area (Å²) in [5.74, 6) is 1.68. The van der Waals surface area contributed by atoms with Crippen molar-refractivity contribution in [2.45, 2.75) is 13.5 Å². The zero-order valence-corrected chi connectivity index (χ0v) is 14.5. The van der Waals surface area contributed by atoms with Gasteiger partial charge in [-0.25, -0.2) is 0 Å². The van der Waals surface area contributed by atoms with Gasteiger partial charge in [-0.05, 0) is 43.3 Å². The van der Waals surface area contributed by atoms with Gasteiger partial charge < -0.3 is 19.0 Å². The Labute approximate surface area is 146 Å². The first-order chi connectivity index (χ1) is 11.7. The minimum atomic E-state index is -0.0390. The molecule has 128 valence electrons. The molecule has 0 radical (unpaired) electrons. The highest BCUT2D eigenvalue weighted by molar-refractivity contribution is 6.30. The predicted octanol–water partition coefficient (Wildman–Crippen LogP) is 1.87. The zero-order chi connectivity index (χ0) is 16.9. The maximum Gasteiger partial charge on any atom is 0.289 e. The van der Waals surface area contributed by atoms with Crippen LogP contribution >= 0.6 is 11.6 Å². The van der Waals surface area contributed by atoms with Crippen molar-refractivity contribution in [3.05, 3.63) is 52.9 Å². The Hall–Kier alpha value is -1.98. The molecule has 1 fully saturated rings. The molecule has 1 aliphatic heterocycles. The average Bonchev–Trinajstić information content (AvgIpc) is 3.10. The van der Waals surface area contributed by atoms with Crippen molar-refractivity contribution in [2.75, 3.05) is 32.7 Å². The number of nitrogens with zero attached hydrogens (tertiary/aromatic N) is 1. The van der Waals surface area contributed by atoms with E-state index in [0.717, 1.165) is 32.7 Å². The number of rotatable bonds is 5. The molecule has 0 unspecified atom stereocenters. The molecule has 3 rings (SSSR count). The van der Waals surface area contributed by atoms with Crippen LogP contribution in [-0.2, 0) is 6.61 Å². The molecule has 2 aromatic rings. The van der Waals surface area contributed by atoms with Gasteiger partial charge in [0.05, 0.1) is 32.7 Å². The lowest BCUT2D eigenvalue weighted by Gasteiger charge is -2.31. The van der Waals surface area contributed by atoms with Crippen molar-refractivity contribution in [3.63, 3.8) is 0 Å². The number of carbonyl (C=O) groups is 1. The summed E-state index contributed by atoms with van der Waals surface area (Å²) in [5, 5.41) is 0.665. The summed E-state index contributed by atoms with van der Waals surface area (Å²) < 4.78 is 11.3. The lowest BCUT2D eigenvalue weighted by Crippen LogP contribution is -3.14. The molecule has 24 heavy (non-hydrogen) atoms. The third-order valence-corrected chi connectivity index (χ3v) is 4.58. The van der Waals surface area contributed by atoms with E-state index in [1.165, 1.54) is 4.90 Å². The van der Waals surface area contributed by atoms with Crippen LogP contribution in [0.25, 0.3) is 0 Å². The minimum Gasteiger partial charge on any atom is -0.486 e. The largest absolute Gasteiger partial charge is 0.486 e. The van der Waals surface area contributed by atoms with Crippen LogP contribution in [0.2, 0.25) is 5.02 Å². The van der Waals surface area contributed by atoms with Crippen molar-refractivity contribution >= 4 is 17.5 Å². The van der Waals surface area contributed by atoms with E-state index >= 15 is 0 Å². The fourth-order valence-corrected chi connectivity index (χ4v) is 2.92. The molecule has 0 aliphatic carbocycles. The van der Waals surface area contributed by atoms with Crippen LogP contribution < -0.4 is 9.64 Å². The molecule has 1 N–H and O–H groups in total. The number of halogens is 1. The smallest absolute Gasteiger partial charge is 0.289 e.